The lowest BCUT2D eigenvalue weighted by atomic mass is 10.0. The normalized spacial score (nSPS) is 17.5. The van der Waals surface area contributed by atoms with Crippen LogP contribution in [0.4, 0.5) is 38.0 Å². The number of nitrogens with one attached hydrogen (secondary N) is 3. The molecule has 28 heteroatoms. The molecule has 1 fully saturated rings. The number of nitrogens with zero attached hydrogens (tertiary/aromatic N) is 13. The average molecular weight is 1440 g/mol. The number of aryl methyl sites for hydroxylation is 2. The quantitative estimate of drug-likeness (QED) is 0.0396. The van der Waals surface area contributed by atoms with E-state index in [2.05, 4.69) is 54.7 Å². The molecule has 4 aliphatic rings. The number of fused-ring (bicyclic) bond motifs is 3. The highest BCUT2D eigenvalue weighted by Crippen LogP contribution is 2.39. The van der Waals surface area contributed by atoms with Crippen molar-refractivity contribution in [3.63, 3.8) is 0 Å². The van der Waals surface area contributed by atoms with E-state index in [1.54, 1.807) is 108 Å². The zero-order chi connectivity index (χ0) is 69.9. The van der Waals surface area contributed by atoms with Crippen LogP contribution in [0.25, 0.3) is 33.8 Å². The molecule has 3 aromatic carbocycles. The van der Waals surface area contributed by atoms with E-state index in [1.807, 2.05) is 92.5 Å². The number of halogens is 5. The molecule has 0 spiro atoms. The number of hydrogen-bond donors (Lipinski definition) is 7. The van der Waals surface area contributed by atoms with Crippen LogP contribution in [0.5, 0.6) is 0 Å². The Morgan fingerprint density at radius 1 is 0.576 bits per heavy atom. The molecule has 23 nitrogen and oxygen atoms in total. The molecule has 3 unspecified atom stereocenters. The molecule has 7 N–H and O–H groups in total. The van der Waals surface area contributed by atoms with Gasteiger partial charge in [-0.15, -0.1) is 0 Å². The minimum atomic E-state index is -0.503. The first-order valence-electron chi connectivity index (χ1n) is 32.3. The predicted octanol–water partition coefficient (Wildman–Crippen LogP) is 13.9. The Kier molecular flexibility index (Phi) is 21.4. The molecule has 10 heterocycles. The number of aliphatic hydroxyl groups is 4. The Morgan fingerprint density at radius 2 is 1.04 bits per heavy atom. The summed E-state index contributed by atoms with van der Waals surface area (Å²) in [6.07, 6.45) is 14.8. The standard InChI is InChI=1S/C25H25ClN6O2.C24H25Cl2N5O3.C22H23Cl2N5O2/c1-16-13-27-24(28-22-7-4-9-30(22)2)29-23(16)18-12-20-8-10-31(25(34)32(20)14-18)21(15-33)17-5-3-6-19(26)11-17;1-13-5-17(8-21(13)33)28-23-27-9-19(26)22(29-23)15-7-18-11-31(24(34)30(18)10-15)20(12-32)14-3-2-4-16(25)6-14;1-3-13(2)26-21-25-9-18(24)20(27-21)15-8-17-11-29(22(31)28(17)10-15)19(12-30)14-5-4-6-16(23)7-14/h3-7,9,11-14,21,33H,8,10,15H2,1-2H3,(H,27,28,29);2-4,6-7,9-10,13,17,20-21,32-33H,5,8,11-12H2,1H3,(H,27,28,29);4-10,13,19,30H,3,11-12H2,1-2H3,(H,25,26,27)/t21-;13?,17?,20-,21?;13-,19-/m111/s1. The van der Waals surface area contributed by atoms with Gasteiger partial charge >= 0.3 is 18.1 Å². The summed E-state index contributed by atoms with van der Waals surface area (Å²) in [6.45, 7) is 8.70. The van der Waals surface area contributed by atoms with Gasteiger partial charge in [-0.1, -0.05) is 108 Å². The van der Waals surface area contributed by atoms with Gasteiger partial charge in [0.25, 0.3) is 0 Å². The van der Waals surface area contributed by atoms with Gasteiger partial charge in [-0.05, 0) is 128 Å². The largest absolute Gasteiger partial charge is 0.394 e. The summed E-state index contributed by atoms with van der Waals surface area (Å²) in [7, 11) is 1.94. The minimum absolute atomic E-state index is 0.0927. The molecule has 14 rings (SSSR count). The molecule has 7 aromatic heterocycles. The molecular weight excluding hydrogens is 1370 g/mol. The first-order valence-corrected chi connectivity index (χ1v) is 34.2. The monoisotopic (exact) mass is 1440 g/mol. The van der Waals surface area contributed by atoms with Crippen LogP contribution in [0.3, 0.4) is 0 Å². The second-order valence-corrected chi connectivity index (χ2v) is 27.1. The van der Waals surface area contributed by atoms with Crippen molar-refractivity contribution < 1.29 is 34.8 Å². The van der Waals surface area contributed by atoms with Gasteiger partial charge in [-0.2, -0.15) is 0 Å². The van der Waals surface area contributed by atoms with Crippen LogP contribution in [-0.2, 0) is 26.6 Å². The topological polar surface area (TPSA) is 275 Å². The van der Waals surface area contributed by atoms with Crippen LogP contribution < -0.4 is 16.0 Å². The van der Waals surface area contributed by atoms with Crippen LogP contribution in [0.15, 0.2) is 147 Å². The van der Waals surface area contributed by atoms with Crippen LogP contribution in [0.2, 0.25) is 25.1 Å². The molecule has 0 saturated heterocycles. The smallest absolute Gasteiger partial charge is 0.329 e. The third-order valence-corrected chi connectivity index (χ3v) is 19.6. The zero-order valence-electron chi connectivity index (χ0n) is 54.7. The third-order valence-electron chi connectivity index (χ3n) is 18.3. The fraction of sp³-hybridized carbons (Fsp3) is 0.310. The maximum Gasteiger partial charge on any atom is 0.329 e. The van der Waals surface area contributed by atoms with E-state index >= 15 is 0 Å². The molecule has 10 aromatic rings. The first-order chi connectivity index (χ1) is 47.7. The third kappa shape index (κ3) is 15.2. The van der Waals surface area contributed by atoms with Gasteiger partial charge in [-0.25, -0.2) is 44.3 Å². The molecule has 1 aliphatic carbocycles. The van der Waals surface area contributed by atoms with Crippen molar-refractivity contribution in [3.05, 3.63) is 211 Å². The Labute approximate surface area is 596 Å². The van der Waals surface area contributed by atoms with Crippen molar-refractivity contribution in [1.29, 1.82) is 0 Å². The van der Waals surface area contributed by atoms with Gasteiger partial charge in [0.05, 0.1) is 96.7 Å². The number of rotatable bonds is 19. The van der Waals surface area contributed by atoms with Crippen LogP contribution >= 0.6 is 58.0 Å². The van der Waals surface area contributed by atoms with Crippen molar-refractivity contribution in [2.24, 2.45) is 13.0 Å². The van der Waals surface area contributed by atoms with Gasteiger partial charge in [0, 0.05) is 112 Å². The molecule has 7 atom stereocenters. The summed E-state index contributed by atoms with van der Waals surface area (Å²) in [6, 6.07) is 29.5. The van der Waals surface area contributed by atoms with E-state index in [1.165, 1.54) is 0 Å². The summed E-state index contributed by atoms with van der Waals surface area (Å²) in [5, 5.41) is 52.3. The number of benzene rings is 3. The lowest BCUT2D eigenvalue weighted by Crippen LogP contribution is -2.44. The summed E-state index contributed by atoms with van der Waals surface area (Å²) in [5.74, 6) is 2.52. The highest BCUT2D eigenvalue weighted by molar-refractivity contribution is 6.33. The van der Waals surface area contributed by atoms with Gasteiger partial charge in [0.15, 0.2) is 0 Å². The summed E-state index contributed by atoms with van der Waals surface area (Å²) in [5.41, 5.74) is 9.93. The maximum atomic E-state index is 13.4. The number of hydrogen-bond acceptors (Lipinski definition) is 16. The molecule has 0 radical (unpaired) electrons. The van der Waals surface area contributed by atoms with Crippen molar-refractivity contribution >= 4 is 99.8 Å². The number of anilines is 4. The second-order valence-electron chi connectivity index (χ2n) is 25.0. The number of aliphatic hydroxyl groups excluding tert-OH is 4. The Balaban J connectivity index is 0.000000141. The van der Waals surface area contributed by atoms with Crippen molar-refractivity contribution in [2.45, 2.75) is 103 Å². The molecule has 514 valence electrons. The van der Waals surface area contributed by atoms with E-state index in [4.69, 9.17) is 63.0 Å². The Hall–Kier alpha value is -8.88. The van der Waals surface area contributed by atoms with Crippen LogP contribution in [-0.4, -0.2) is 146 Å². The van der Waals surface area contributed by atoms with Crippen LogP contribution in [0, 0.1) is 12.8 Å². The van der Waals surface area contributed by atoms with Crippen molar-refractivity contribution in [2.75, 3.05) is 42.3 Å². The number of carbonyl (C=O) groups excluding carboxylic acids is 3. The maximum absolute atomic E-state index is 13.4. The predicted molar refractivity (Wildman–Crippen MR) is 383 cm³/mol. The van der Waals surface area contributed by atoms with Crippen molar-refractivity contribution in [1.82, 2.24) is 62.9 Å². The minimum Gasteiger partial charge on any atom is -0.394 e. The van der Waals surface area contributed by atoms with Gasteiger partial charge in [0.2, 0.25) is 17.8 Å². The molecule has 0 bridgehead atoms. The first kappa shape index (κ1) is 70.0. The fourth-order valence-electron chi connectivity index (χ4n) is 12.8. The zero-order valence-corrected chi connectivity index (χ0v) is 58.5. The van der Waals surface area contributed by atoms with Gasteiger partial charge in [-0.3, -0.25) is 13.7 Å². The van der Waals surface area contributed by atoms with Gasteiger partial charge in [0.1, 0.15) is 5.82 Å². The van der Waals surface area contributed by atoms with E-state index in [0.29, 0.717) is 92.4 Å². The highest BCUT2D eigenvalue weighted by atomic mass is 35.5. The number of amides is 3. The lowest BCUT2D eigenvalue weighted by Gasteiger charge is -2.34. The molecule has 99 heavy (non-hydrogen) atoms. The lowest BCUT2D eigenvalue weighted by molar-refractivity contribution is 0.128. The summed E-state index contributed by atoms with van der Waals surface area (Å²) >= 11 is 31.1. The van der Waals surface area contributed by atoms with Gasteiger partial charge < -0.3 is 55.6 Å². The Bertz CT molecular complexity index is 4610. The van der Waals surface area contributed by atoms with Crippen molar-refractivity contribution in [3.8, 4) is 33.8 Å². The van der Waals surface area contributed by atoms with E-state index in [0.717, 1.165) is 74.8 Å². The van der Waals surface area contributed by atoms with Crippen LogP contribution in [0.1, 0.15) is 97.5 Å². The molecule has 3 amide bonds. The number of aromatic nitrogens is 10. The molecule has 1 saturated carbocycles. The summed E-state index contributed by atoms with van der Waals surface area (Å²) < 4.78 is 6.73. The van der Waals surface area contributed by atoms with E-state index in [-0.39, 0.29) is 62.0 Å². The fourth-order valence-corrected chi connectivity index (χ4v) is 13.8. The Morgan fingerprint density at radius 3 is 1.52 bits per heavy atom. The average Bonchev–Trinajstić information content (AvgIpc) is 1.63. The SMILES string of the molecule is CC1CC(Nc2ncc(Cl)c(-c3cc4n(c3)C(=O)N([C@H](CO)c3cccc(Cl)c3)C4)n2)CC1O.CC[C@@H](C)Nc1ncc(Cl)c(-c2cc3n(c2)C(=O)N([C@H](CO)c2cccc(Cl)c2)C3)n1.Cc1cnc(Nc2cccn2C)nc1-c1cc2n(c1)C(=O)N([C@H](CO)c1cccc(Cl)c1)CC2. The van der Waals surface area contributed by atoms with E-state index < -0.39 is 18.1 Å². The molecular formula is C71H73Cl5N16O7. The molecule has 3 aliphatic heterocycles. The number of carbonyl (C=O) groups is 3. The highest BCUT2D eigenvalue weighted by Gasteiger charge is 2.38. The second kappa shape index (κ2) is 30.3. The van der Waals surface area contributed by atoms with E-state index in [9.17, 15) is 34.8 Å². The summed E-state index contributed by atoms with van der Waals surface area (Å²) in [4.78, 5) is 71.4.